The molecule has 0 aromatic carbocycles. The van der Waals surface area contributed by atoms with Crippen LogP contribution in [0.5, 0.6) is 0 Å². The van der Waals surface area contributed by atoms with E-state index < -0.39 is 13.8 Å². The summed E-state index contributed by atoms with van der Waals surface area (Å²) in [5.41, 5.74) is 5.19. The maximum Gasteiger partial charge on any atom is -0.0415 e. The molecule has 0 aliphatic carbocycles. The molecule has 0 atom stereocenters. The van der Waals surface area contributed by atoms with E-state index in [1.54, 1.807) is 0 Å². The first kappa shape index (κ1) is 6.72. The third kappa shape index (κ3) is 1.30. The molecule has 0 aromatic heterocycles. The average Bonchev–Trinajstić information content (AvgIpc) is 1.20. The molecule has 0 nitrogen and oxygen atoms in total. The first-order valence-corrected chi connectivity index (χ1v) is 8.46. The SMILES string of the molecule is CP1(C)=CP(C)(C)=C1. The van der Waals surface area contributed by atoms with Crippen LogP contribution in [0, 0.1) is 0 Å². The minimum absolute atomic E-state index is 0.538. The Kier molecular flexibility index (Phi) is 1.30. The predicted octanol–water partition coefficient (Wildman–Crippen LogP) is 2.07. The molecule has 0 spiro atoms. The van der Waals surface area contributed by atoms with Gasteiger partial charge in [-0.1, -0.05) is 24.8 Å². The highest BCUT2D eigenvalue weighted by Crippen LogP contribution is 2.60. The van der Waals surface area contributed by atoms with Gasteiger partial charge in [0.2, 0.25) is 0 Å². The lowest BCUT2D eigenvalue weighted by molar-refractivity contribution is 2.21. The molecule has 1 heterocycles. The summed E-state index contributed by atoms with van der Waals surface area (Å²) >= 11 is 0. The number of hydrogen-bond donors (Lipinski definition) is 0. The Morgan fingerprint density at radius 3 is 1.00 bits per heavy atom. The van der Waals surface area contributed by atoms with Crippen LogP contribution in [0.4, 0.5) is 0 Å². The van der Waals surface area contributed by atoms with Gasteiger partial charge in [0.15, 0.2) is 0 Å². The predicted molar refractivity (Wildman–Crippen MR) is 49.7 cm³/mol. The van der Waals surface area contributed by atoms with Gasteiger partial charge in [-0.3, -0.25) is 0 Å². The lowest BCUT2D eigenvalue weighted by Gasteiger charge is -2.29. The van der Waals surface area contributed by atoms with E-state index in [1.165, 1.54) is 0 Å². The molecular formula is C6H14P2. The average molecular weight is 148 g/mol. The molecule has 0 amide bonds. The summed E-state index contributed by atoms with van der Waals surface area (Å²) < 4.78 is 0. The minimum Gasteiger partial charge on any atom is -0.0898 e. The molecule has 0 saturated heterocycles. The maximum atomic E-state index is 2.60. The molecule has 2 heteroatoms. The second-order valence-electron chi connectivity index (χ2n) is 3.49. The topological polar surface area (TPSA) is 0 Å². The normalized spacial score (nSPS) is 29.5. The van der Waals surface area contributed by atoms with E-state index in [2.05, 4.69) is 37.7 Å². The Balaban J connectivity index is 2.86. The number of hydrogen-bond acceptors (Lipinski definition) is 0. The summed E-state index contributed by atoms with van der Waals surface area (Å²) in [7, 11) is 0. The highest BCUT2D eigenvalue weighted by molar-refractivity contribution is 8.20. The Morgan fingerprint density at radius 1 is 0.750 bits per heavy atom. The van der Waals surface area contributed by atoms with Crippen molar-refractivity contribution in [3.05, 3.63) is 0 Å². The van der Waals surface area contributed by atoms with Gasteiger partial charge in [-0.25, -0.2) is 0 Å². The first-order chi connectivity index (χ1) is 3.41. The van der Waals surface area contributed by atoms with Gasteiger partial charge in [0, 0.05) is 0 Å². The van der Waals surface area contributed by atoms with E-state index in [1.807, 2.05) is 0 Å². The van der Waals surface area contributed by atoms with Gasteiger partial charge >= 0.3 is 0 Å². The smallest absolute Gasteiger partial charge is 0.0415 e. The van der Waals surface area contributed by atoms with Crippen molar-refractivity contribution >= 4 is 24.8 Å². The van der Waals surface area contributed by atoms with Crippen LogP contribution < -0.4 is 0 Å². The summed E-state index contributed by atoms with van der Waals surface area (Å²) in [6.07, 6.45) is 0. The molecule has 0 unspecified atom stereocenters. The van der Waals surface area contributed by atoms with Gasteiger partial charge in [-0.2, -0.15) is 0 Å². The van der Waals surface area contributed by atoms with E-state index in [4.69, 9.17) is 0 Å². The van der Waals surface area contributed by atoms with Crippen molar-refractivity contribution in [2.45, 2.75) is 0 Å². The zero-order valence-electron chi connectivity index (χ0n) is 6.05. The fourth-order valence-corrected chi connectivity index (χ4v) is 13.7. The van der Waals surface area contributed by atoms with Crippen molar-refractivity contribution in [1.29, 1.82) is 0 Å². The first-order valence-electron chi connectivity index (χ1n) is 2.82. The van der Waals surface area contributed by atoms with Gasteiger partial charge in [-0.05, 0) is 26.7 Å². The van der Waals surface area contributed by atoms with Crippen LogP contribution in [0.25, 0.3) is 0 Å². The van der Waals surface area contributed by atoms with Crippen LogP contribution in [0.1, 0.15) is 0 Å². The van der Waals surface area contributed by atoms with Crippen molar-refractivity contribution < 1.29 is 0 Å². The monoisotopic (exact) mass is 148 g/mol. The van der Waals surface area contributed by atoms with E-state index in [0.717, 1.165) is 0 Å². The van der Waals surface area contributed by atoms with Gasteiger partial charge in [0.25, 0.3) is 0 Å². The van der Waals surface area contributed by atoms with Crippen molar-refractivity contribution in [2.75, 3.05) is 26.7 Å². The van der Waals surface area contributed by atoms with E-state index in [-0.39, 0.29) is 0 Å². The van der Waals surface area contributed by atoms with Crippen LogP contribution in [0.3, 0.4) is 0 Å². The zero-order valence-corrected chi connectivity index (χ0v) is 7.84. The summed E-state index contributed by atoms with van der Waals surface area (Å²) in [6, 6.07) is 0. The molecule has 0 saturated carbocycles. The van der Waals surface area contributed by atoms with E-state index >= 15 is 0 Å². The van der Waals surface area contributed by atoms with E-state index in [9.17, 15) is 0 Å². The van der Waals surface area contributed by atoms with Crippen molar-refractivity contribution in [3.8, 4) is 0 Å². The lowest BCUT2D eigenvalue weighted by Crippen LogP contribution is -1.98. The molecular weight excluding hydrogens is 134 g/mol. The van der Waals surface area contributed by atoms with Crippen molar-refractivity contribution in [2.24, 2.45) is 0 Å². The second kappa shape index (κ2) is 1.55. The summed E-state index contributed by atoms with van der Waals surface area (Å²) in [6.45, 7) is 8.42. The molecule has 0 radical (unpaired) electrons. The maximum absolute atomic E-state index is 2.60. The molecule has 0 N–H and O–H groups in total. The molecule has 0 aromatic rings. The molecule has 8 heavy (non-hydrogen) atoms. The standard InChI is InChI=1S/C6H14P2/c1-7(2)5-8(3,4)6-7/h5-6H,1-4H3. The van der Waals surface area contributed by atoms with Gasteiger partial charge in [0.1, 0.15) is 0 Å². The number of rotatable bonds is 0. The molecule has 0 bridgehead atoms. The Morgan fingerprint density at radius 2 is 1.00 bits per heavy atom. The van der Waals surface area contributed by atoms with Gasteiger partial charge < -0.3 is 0 Å². The highest BCUT2D eigenvalue weighted by Gasteiger charge is 2.15. The van der Waals surface area contributed by atoms with Crippen LogP contribution >= 0.6 is 13.8 Å². The van der Waals surface area contributed by atoms with Crippen LogP contribution in [-0.2, 0) is 0 Å². The Labute approximate surface area is 52.2 Å². The molecule has 0 fully saturated rings. The summed E-state index contributed by atoms with van der Waals surface area (Å²) in [5.74, 6) is 0. The molecule has 1 rings (SSSR count). The summed E-state index contributed by atoms with van der Waals surface area (Å²) in [4.78, 5) is 0. The largest absolute Gasteiger partial charge is 0.0898 e. The zero-order chi connectivity index (χ0) is 6.41. The molecule has 1 aliphatic heterocycles. The second-order valence-corrected chi connectivity index (χ2v) is 11.9. The third-order valence-electron chi connectivity index (χ3n) is 1.19. The van der Waals surface area contributed by atoms with Crippen molar-refractivity contribution in [3.63, 3.8) is 0 Å². The van der Waals surface area contributed by atoms with Crippen LogP contribution in [-0.4, -0.2) is 37.7 Å². The Bertz CT molecular complexity index is 164. The van der Waals surface area contributed by atoms with Crippen molar-refractivity contribution in [1.82, 2.24) is 0 Å². The summed E-state index contributed by atoms with van der Waals surface area (Å²) in [5, 5.41) is 0. The van der Waals surface area contributed by atoms with Crippen LogP contribution in [0.2, 0.25) is 0 Å². The fraction of sp³-hybridized carbons (Fsp3) is 0.667. The molecule has 1 aliphatic rings. The third-order valence-corrected chi connectivity index (χ3v) is 10.7. The van der Waals surface area contributed by atoms with Gasteiger partial charge in [0.05, 0.1) is 0 Å². The molecule has 48 valence electrons. The lowest BCUT2D eigenvalue weighted by atomic mass is 11.8. The quantitative estimate of drug-likeness (QED) is 0.461. The fourth-order valence-electron chi connectivity index (χ4n) is 1.52. The minimum atomic E-state index is -0.538. The Hall–Kier alpha value is 0.600. The van der Waals surface area contributed by atoms with Crippen LogP contribution in [0.15, 0.2) is 0 Å². The highest BCUT2D eigenvalue weighted by atomic mass is 31.2. The van der Waals surface area contributed by atoms with Gasteiger partial charge in [-0.15, -0.1) is 0 Å². The van der Waals surface area contributed by atoms with E-state index in [0.29, 0.717) is 0 Å².